The summed E-state index contributed by atoms with van der Waals surface area (Å²) in [6.45, 7) is 4.17. The van der Waals surface area contributed by atoms with Gasteiger partial charge in [-0.1, -0.05) is 18.2 Å². The molecule has 0 unspecified atom stereocenters. The molecule has 0 radical (unpaired) electrons. The number of rotatable bonds is 8. The van der Waals surface area contributed by atoms with E-state index in [4.69, 9.17) is 4.74 Å². The molecular weight excluding hydrogens is 467 g/mol. The van der Waals surface area contributed by atoms with Gasteiger partial charge in [0.15, 0.2) is 17.4 Å². The van der Waals surface area contributed by atoms with Gasteiger partial charge in [-0.05, 0) is 49.6 Å². The van der Waals surface area contributed by atoms with Crippen molar-refractivity contribution in [2.75, 3.05) is 20.2 Å². The minimum atomic E-state index is 0. The number of hydrogen-bond acceptors (Lipinski definition) is 4. The van der Waals surface area contributed by atoms with Crippen molar-refractivity contribution in [3.05, 3.63) is 60.0 Å². The van der Waals surface area contributed by atoms with E-state index in [2.05, 4.69) is 44.9 Å². The highest BCUT2D eigenvalue weighted by molar-refractivity contribution is 14.0. The van der Waals surface area contributed by atoms with Crippen LogP contribution in [0.3, 0.4) is 0 Å². The maximum atomic E-state index is 5.27. The molecule has 0 spiro atoms. The molecule has 2 aromatic heterocycles. The van der Waals surface area contributed by atoms with E-state index in [0.717, 1.165) is 49.1 Å². The third kappa shape index (κ3) is 6.08. The zero-order valence-electron chi connectivity index (χ0n) is 16.3. The van der Waals surface area contributed by atoms with Crippen molar-refractivity contribution < 1.29 is 4.74 Å². The van der Waals surface area contributed by atoms with Crippen LogP contribution in [0.4, 0.5) is 0 Å². The molecule has 0 aliphatic rings. The summed E-state index contributed by atoms with van der Waals surface area (Å²) < 4.78 is 7.23. The Morgan fingerprint density at radius 1 is 1.14 bits per heavy atom. The van der Waals surface area contributed by atoms with E-state index in [9.17, 15) is 0 Å². The molecule has 150 valence electrons. The molecule has 2 heterocycles. The molecule has 0 amide bonds. The molecule has 0 fully saturated rings. The highest BCUT2D eigenvalue weighted by Gasteiger charge is 2.04. The van der Waals surface area contributed by atoms with Gasteiger partial charge >= 0.3 is 0 Å². The van der Waals surface area contributed by atoms with Crippen LogP contribution in [0.25, 0.3) is 5.65 Å². The Morgan fingerprint density at radius 2 is 2.04 bits per heavy atom. The lowest BCUT2D eigenvalue weighted by atomic mass is 10.1. The Labute approximate surface area is 182 Å². The largest absolute Gasteiger partial charge is 0.497 e. The van der Waals surface area contributed by atoms with Crippen LogP contribution in [-0.4, -0.2) is 40.8 Å². The van der Waals surface area contributed by atoms with Crippen LogP contribution in [0.15, 0.2) is 53.7 Å². The van der Waals surface area contributed by atoms with Gasteiger partial charge in [-0.15, -0.1) is 34.2 Å². The van der Waals surface area contributed by atoms with Crippen molar-refractivity contribution in [2.45, 2.75) is 26.3 Å². The number of methoxy groups -OCH3 is 1. The topological polar surface area (TPSA) is 75.8 Å². The summed E-state index contributed by atoms with van der Waals surface area (Å²) in [4.78, 5) is 4.63. The first-order chi connectivity index (χ1) is 13.3. The fourth-order valence-corrected chi connectivity index (χ4v) is 2.82. The number of aromatic nitrogens is 3. The molecule has 2 N–H and O–H groups in total. The number of benzene rings is 1. The monoisotopic (exact) mass is 494 g/mol. The van der Waals surface area contributed by atoms with Crippen LogP contribution < -0.4 is 15.4 Å². The third-order valence-electron chi connectivity index (χ3n) is 4.18. The van der Waals surface area contributed by atoms with E-state index < -0.39 is 0 Å². The van der Waals surface area contributed by atoms with Crippen LogP contribution in [-0.2, 0) is 13.0 Å². The molecule has 3 rings (SSSR count). The van der Waals surface area contributed by atoms with Gasteiger partial charge in [0.2, 0.25) is 0 Å². The maximum Gasteiger partial charge on any atom is 0.191 e. The second kappa shape index (κ2) is 11.5. The lowest BCUT2D eigenvalue weighted by Crippen LogP contribution is -2.37. The van der Waals surface area contributed by atoms with Crippen molar-refractivity contribution in [3.8, 4) is 5.75 Å². The Balaban J connectivity index is 0.00000280. The number of hydrogen-bond donors (Lipinski definition) is 2. The SMILES string of the molecule is CCNC(=NCc1nnc2ccccn12)NCCCc1cccc(OC)c1.I. The van der Waals surface area contributed by atoms with Crippen LogP contribution >= 0.6 is 24.0 Å². The number of guanidine groups is 1. The number of nitrogens with one attached hydrogen (secondary N) is 2. The first kappa shape index (κ1) is 21.9. The molecule has 8 heteroatoms. The summed E-state index contributed by atoms with van der Waals surface area (Å²) in [7, 11) is 1.69. The van der Waals surface area contributed by atoms with Crippen molar-refractivity contribution in [1.82, 2.24) is 25.2 Å². The van der Waals surface area contributed by atoms with Crippen molar-refractivity contribution in [1.29, 1.82) is 0 Å². The average molecular weight is 494 g/mol. The molecule has 3 aromatic rings. The molecule has 0 bridgehead atoms. The average Bonchev–Trinajstić information content (AvgIpc) is 3.12. The Kier molecular flexibility index (Phi) is 8.99. The quantitative estimate of drug-likeness (QED) is 0.218. The van der Waals surface area contributed by atoms with Crippen LogP contribution in [0.2, 0.25) is 0 Å². The highest BCUT2D eigenvalue weighted by Crippen LogP contribution is 2.13. The minimum absolute atomic E-state index is 0. The number of halogens is 1. The summed E-state index contributed by atoms with van der Waals surface area (Å²) in [6.07, 6.45) is 3.94. The first-order valence-corrected chi connectivity index (χ1v) is 9.24. The van der Waals surface area contributed by atoms with Gasteiger partial charge in [0.05, 0.1) is 7.11 Å². The number of nitrogens with zero attached hydrogens (tertiary/aromatic N) is 4. The van der Waals surface area contributed by atoms with E-state index in [1.54, 1.807) is 7.11 Å². The zero-order valence-corrected chi connectivity index (χ0v) is 18.6. The normalized spacial score (nSPS) is 11.1. The number of aryl methyl sites for hydroxylation is 1. The second-order valence-corrected chi connectivity index (χ2v) is 6.12. The smallest absolute Gasteiger partial charge is 0.191 e. The summed E-state index contributed by atoms with van der Waals surface area (Å²) in [6, 6.07) is 14.0. The Bertz CT molecular complexity index is 895. The van der Waals surface area contributed by atoms with Gasteiger partial charge < -0.3 is 15.4 Å². The number of ether oxygens (including phenoxy) is 1. The lowest BCUT2D eigenvalue weighted by molar-refractivity contribution is 0.414. The van der Waals surface area contributed by atoms with Gasteiger partial charge in [0.1, 0.15) is 12.3 Å². The fourth-order valence-electron chi connectivity index (χ4n) is 2.82. The first-order valence-electron chi connectivity index (χ1n) is 9.24. The number of pyridine rings is 1. The molecule has 0 aliphatic heterocycles. The van der Waals surface area contributed by atoms with Crippen molar-refractivity contribution in [2.24, 2.45) is 4.99 Å². The summed E-state index contributed by atoms with van der Waals surface area (Å²) in [5.74, 6) is 2.51. The van der Waals surface area contributed by atoms with Gasteiger partial charge in [-0.2, -0.15) is 0 Å². The number of fused-ring (bicyclic) bond motifs is 1. The van der Waals surface area contributed by atoms with Gasteiger partial charge in [0.25, 0.3) is 0 Å². The standard InChI is InChI=1S/C20H26N6O.HI/c1-3-21-20(22-12-7-9-16-8-6-10-17(14-16)27-2)23-15-19-25-24-18-11-4-5-13-26(18)19;/h4-6,8,10-11,13-14H,3,7,9,12,15H2,1-2H3,(H2,21,22,23);1H. The predicted octanol–water partition coefficient (Wildman–Crippen LogP) is 3.04. The molecule has 7 nitrogen and oxygen atoms in total. The van der Waals surface area contributed by atoms with Gasteiger partial charge in [0, 0.05) is 19.3 Å². The summed E-state index contributed by atoms with van der Waals surface area (Å²) in [5.41, 5.74) is 2.10. The van der Waals surface area contributed by atoms with Crippen LogP contribution in [0.5, 0.6) is 5.75 Å². The fraction of sp³-hybridized carbons (Fsp3) is 0.350. The molecule has 0 atom stereocenters. The number of aliphatic imine (C=N–C) groups is 1. The van der Waals surface area contributed by atoms with E-state index >= 15 is 0 Å². The van der Waals surface area contributed by atoms with Crippen molar-refractivity contribution in [3.63, 3.8) is 0 Å². The van der Waals surface area contributed by atoms with Gasteiger partial charge in [-0.25, -0.2) is 4.99 Å². The molecule has 0 aliphatic carbocycles. The molecule has 0 saturated heterocycles. The van der Waals surface area contributed by atoms with E-state index in [-0.39, 0.29) is 24.0 Å². The maximum absolute atomic E-state index is 5.27. The van der Waals surface area contributed by atoms with Crippen LogP contribution in [0.1, 0.15) is 24.7 Å². The summed E-state index contributed by atoms with van der Waals surface area (Å²) >= 11 is 0. The zero-order chi connectivity index (χ0) is 18.9. The van der Waals surface area contributed by atoms with Crippen molar-refractivity contribution >= 4 is 35.6 Å². The minimum Gasteiger partial charge on any atom is -0.497 e. The summed E-state index contributed by atoms with van der Waals surface area (Å²) in [5, 5.41) is 15.0. The Hall–Kier alpha value is -2.36. The molecule has 1 aromatic carbocycles. The van der Waals surface area contributed by atoms with E-state index in [1.165, 1.54) is 5.56 Å². The highest BCUT2D eigenvalue weighted by atomic mass is 127. The Morgan fingerprint density at radius 3 is 2.86 bits per heavy atom. The molecule has 28 heavy (non-hydrogen) atoms. The van der Waals surface area contributed by atoms with Crippen LogP contribution in [0, 0.1) is 0 Å². The predicted molar refractivity (Wildman–Crippen MR) is 123 cm³/mol. The third-order valence-corrected chi connectivity index (χ3v) is 4.18. The molecular formula is C20H27IN6O. The second-order valence-electron chi connectivity index (χ2n) is 6.12. The van der Waals surface area contributed by atoms with E-state index in [1.807, 2.05) is 40.9 Å². The van der Waals surface area contributed by atoms with Gasteiger partial charge in [-0.3, -0.25) is 4.40 Å². The lowest BCUT2D eigenvalue weighted by Gasteiger charge is -2.11. The van der Waals surface area contributed by atoms with E-state index in [0.29, 0.717) is 6.54 Å². The molecule has 0 saturated carbocycles.